The highest BCUT2D eigenvalue weighted by atomic mass is 16.6. The van der Waals surface area contributed by atoms with Crippen LogP contribution in [0.1, 0.15) is 27.4 Å². The van der Waals surface area contributed by atoms with Crippen molar-refractivity contribution >= 4 is 11.6 Å². The number of nitrogens with two attached hydrogens (primary N) is 1. The number of hydrogen-bond acceptors (Lipinski definition) is 6. The summed E-state index contributed by atoms with van der Waals surface area (Å²) in [5.74, 6) is -0.525. The predicted molar refractivity (Wildman–Crippen MR) is 71.0 cm³/mol. The maximum absolute atomic E-state index is 12.1. The first-order valence-electron chi connectivity index (χ1n) is 5.91. The fourth-order valence-corrected chi connectivity index (χ4v) is 1.91. The molecule has 0 fully saturated rings. The summed E-state index contributed by atoms with van der Waals surface area (Å²) in [7, 11) is 0. The van der Waals surface area contributed by atoms with Gasteiger partial charge in [-0.3, -0.25) is 19.7 Å². The van der Waals surface area contributed by atoms with Gasteiger partial charge in [0.1, 0.15) is 11.3 Å². The average Bonchev–Trinajstić information content (AvgIpc) is 2.72. The highest BCUT2D eigenvalue weighted by molar-refractivity contribution is 5.92. The zero-order valence-corrected chi connectivity index (χ0v) is 11.3. The fraction of sp³-hybridized carbons (Fsp3) is 0.250. The molecule has 2 N–H and O–H groups in total. The molecule has 1 amide bonds. The number of rotatable bonds is 4. The van der Waals surface area contributed by atoms with Crippen molar-refractivity contribution in [2.75, 3.05) is 0 Å². The zero-order chi connectivity index (χ0) is 15.7. The van der Waals surface area contributed by atoms with Crippen LogP contribution in [-0.2, 0) is 6.54 Å². The van der Waals surface area contributed by atoms with E-state index in [0.29, 0.717) is 17.0 Å². The molecule has 0 aromatic carbocycles. The van der Waals surface area contributed by atoms with Crippen molar-refractivity contribution in [2.45, 2.75) is 20.4 Å². The molecule has 0 atom stereocenters. The van der Waals surface area contributed by atoms with Gasteiger partial charge < -0.3 is 14.8 Å². The molecule has 110 valence electrons. The predicted octanol–water partition coefficient (Wildman–Crippen LogP) is 0.509. The van der Waals surface area contributed by atoms with Gasteiger partial charge in [-0.05, 0) is 13.8 Å². The van der Waals surface area contributed by atoms with Crippen LogP contribution in [0.25, 0.3) is 0 Å². The molecule has 0 saturated heterocycles. The lowest BCUT2D eigenvalue weighted by Gasteiger charge is -2.07. The molecule has 9 nitrogen and oxygen atoms in total. The summed E-state index contributed by atoms with van der Waals surface area (Å²) in [6.07, 6.45) is 1.06. The van der Waals surface area contributed by atoms with Crippen molar-refractivity contribution < 1.29 is 14.2 Å². The molecule has 9 heteroatoms. The van der Waals surface area contributed by atoms with Crippen LogP contribution in [0.2, 0.25) is 0 Å². The number of aryl methyl sites for hydroxylation is 2. The number of carbonyl (C=O) groups excluding carboxylic acids is 1. The molecule has 2 rings (SSSR count). The minimum Gasteiger partial charge on any atom is -0.365 e. The molecule has 0 aliphatic heterocycles. The van der Waals surface area contributed by atoms with E-state index in [0.717, 1.165) is 16.8 Å². The molecule has 21 heavy (non-hydrogen) atoms. The summed E-state index contributed by atoms with van der Waals surface area (Å²) >= 11 is 0. The second kappa shape index (κ2) is 5.19. The van der Waals surface area contributed by atoms with Gasteiger partial charge in [0.25, 0.3) is 17.2 Å². The third-order valence-electron chi connectivity index (χ3n) is 3.06. The largest absolute Gasteiger partial charge is 0.365 e. The first kappa shape index (κ1) is 14.4. The Kier molecular flexibility index (Phi) is 3.57. The average molecular weight is 292 g/mol. The van der Waals surface area contributed by atoms with Crippen molar-refractivity contribution in [1.29, 1.82) is 0 Å². The van der Waals surface area contributed by atoms with Crippen molar-refractivity contribution in [2.24, 2.45) is 5.73 Å². The van der Waals surface area contributed by atoms with E-state index in [1.807, 2.05) is 0 Å². The Bertz CT molecular complexity index is 770. The second-order valence-electron chi connectivity index (χ2n) is 4.47. The molecule has 0 bridgehead atoms. The van der Waals surface area contributed by atoms with Gasteiger partial charge in [0.2, 0.25) is 0 Å². The Labute approximate surface area is 118 Å². The number of amides is 1. The summed E-state index contributed by atoms with van der Waals surface area (Å²) in [4.78, 5) is 33.5. The van der Waals surface area contributed by atoms with Crippen molar-refractivity contribution in [3.05, 3.63) is 55.3 Å². The molecule has 2 heterocycles. The minimum absolute atomic E-state index is 0.00194. The van der Waals surface area contributed by atoms with E-state index >= 15 is 0 Å². The van der Waals surface area contributed by atoms with E-state index in [1.54, 1.807) is 13.8 Å². The summed E-state index contributed by atoms with van der Waals surface area (Å²) in [6.45, 7) is 3.35. The summed E-state index contributed by atoms with van der Waals surface area (Å²) in [5, 5.41) is 14.6. The SMILES string of the molecule is Cc1noc(C)c1Cn1cc([N+](=O)[O-])cc(C(N)=O)c1=O. The molecule has 0 aliphatic carbocycles. The number of hydrogen-bond donors (Lipinski definition) is 1. The summed E-state index contributed by atoms with van der Waals surface area (Å²) in [6, 6.07) is 0.870. The maximum Gasteiger partial charge on any atom is 0.286 e. The standard InChI is InChI=1S/C12H12N4O5/c1-6-10(7(2)21-14-6)5-15-4-8(16(19)20)3-9(11(13)17)12(15)18/h3-4H,5H2,1-2H3,(H2,13,17). The van der Waals surface area contributed by atoms with Crippen molar-refractivity contribution in [3.8, 4) is 0 Å². The highest BCUT2D eigenvalue weighted by Crippen LogP contribution is 2.15. The fourth-order valence-electron chi connectivity index (χ4n) is 1.91. The van der Waals surface area contributed by atoms with Crippen molar-refractivity contribution in [3.63, 3.8) is 0 Å². The second-order valence-corrected chi connectivity index (χ2v) is 4.47. The topological polar surface area (TPSA) is 134 Å². The third-order valence-corrected chi connectivity index (χ3v) is 3.06. The number of pyridine rings is 1. The van der Waals surface area contributed by atoms with Crippen LogP contribution >= 0.6 is 0 Å². The molecule has 0 spiro atoms. The lowest BCUT2D eigenvalue weighted by atomic mass is 10.2. The Morgan fingerprint density at radius 3 is 2.67 bits per heavy atom. The molecule has 0 saturated carbocycles. The Morgan fingerprint density at radius 1 is 1.52 bits per heavy atom. The lowest BCUT2D eigenvalue weighted by molar-refractivity contribution is -0.385. The Balaban J connectivity index is 2.60. The van der Waals surface area contributed by atoms with Gasteiger partial charge >= 0.3 is 0 Å². The number of primary amides is 1. The van der Waals surface area contributed by atoms with Gasteiger partial charge in [-0.1, -0.05) is 5.16 Å². The van der Waals surface area contributed by atoms with Crippen LogP contribution in [0.4, 0.5) is 5.69 Å². The van der Waals surface area contributed by atoms with Crippen LogP contribution < -0.4 is 11.3 Å². The molecular formula is C12H12N4O5. The molecular weight excluding hydrogens is 280 g/mol. The minimum atomic E-state index is -1.02. The maximum atomic E-state index is 12.1. The highest BCUT2D eigenvalue weighted by Gasteiger charge is 2.19. The third kappa shape index (κ3) is 2.66. The van der Waals surface area contributed by atoms with Crippen LogP contribution in [0.3, 0.4) is 0 Å². The Morgan fingerprint density at radius 2 is 2.19 bits per heavy atom. The number of aromatic nitrogens is 2. The van der Waals surface area contributed by atoms with E-state index in [4.69, 9.17) is 10.3 Å². The summed E-state index contributed by atoms with van der Waals surface area (Å²) in [5.41, 5.74) is 4.73. The van der Waals surface area contributed by atoms with Gasteiger partial charge in [0.05, 0.1) is 23.4 Å². The molecule has 0 aliphatic rings. The van der Waals surface area contributed by atoms with Gasteiger partial charge in [0, 0.05) is 11.6 Å². The first-order valence-corrected chi connectivity index (χ1v) is 5.91. The van der Waals surface area contributed by atoms with E-state index in [2.05, 4.69) is 5.16 Å². The van der Waals surface area contributed by atoms with Gasteiger partial charge in [-0.2, -0.15) is 0 Å². The van der Waals surface area contributed by atoms with E-state index < -0.39 is 27.6 Å². The van der Waals surface area contributed by atoms with Crippen LogP contribution in [0.15, 0.2) is 21.6 Å². The Hall–Kier alpha value is -2.97. The molecule has 2 aromatic heterocycles. The first-order chi connectivity index (χ1) is 9.81. The monoisotopic (exact) mass is 292 g/mol. The molecule has 0 unspecified atom stereocenters. The van der Waals surface area contributed by atoms with Crippen LogP contribution in [0, 0.1) is 24.0 Å². The lowest BCUT2D eigenvalue weighted by Crippen LogP contribution is -2.30. The van der Waals surface area contributed by atoms with Gasteiger partial charge in [-0.25, -0.2) is 0 Å². The zero-order valence-electron chi connectivity index (χ0n) is 11.3. The van der Waals surface area contributed by atoms with Crippen LogP contribution in [-0.4, -0.2) is 20.6 Å². The smallest absolute Gasteiger partial charge is 0.286 e. The van der Waals surface area contributed by atoms with Crippen molar-refractivity contribution in [1.82, 2.24) is 9.72 Å². The van der Waals surface area contributed by atoms with E-state index in [1.165, 1.54) is 0 Å². The van der Waals surface area contributed by atoms with E-state index in [-0.39, 0.29) is 6.54 Å². The summed E-state index contributed by atoms with van der Waals surface area (Å²) < 4.78 is 6.02. The molecule has 2 aromatic rings. The van der Waals surface area contributed by atoms with Gasteiger partial charge in [0.15, 0.2) is 0 Å². The van der Waals surface area contributed by atoms with E-state index in [9.17, 15) is 19.7 Å². The number of nitrogens with zero attached hydrogens (tertiary/aromatic N) is 3. The number of nitro groups is 1. The quantitative estimate of drug-likeness (QED) is 0.644. The molecule has 0 radical (unpaired) electrons. The number of carbonyl (C=O) groups is 1. The van der Waals surface area contributed by atoms with Crippen LogP contribution in [0.5, 0.6) is 0 Å². The van der Waals surface area contributed by atoms with Gasteiger partial charge in [-0.15, -0.1) is 0 Å². The normalized spacial score (nSPS) is 10.6.